The summed E-state index contributed by atoms with van der Waals surface area (Å²) in [6, 6.07) is 5.99. The van der Waals surface area contributed by atoms with E-state index in [4.69, 9.17) is 4.74 Å². The molecular weight excluding hydrogens is 344 g/mol. The molecule has 0 radical (unpaired) electrons. The van der Waals surface area contributed by atoms with Crippen molar-refractivity contribution in [3.8, 4) is 0 Å². The van der Waals surface area contributed by atoms with Gasteiger partial charge in [0.25, 0.3) is 5.91 Å². The molecule has 0 aliphatic carbocycles. The van der Waals surface area contributed by atoms with Crippen LogP contribution in [0.1, 0.15) is 39.0 Å². The highest BCUT2D eigenvalue weighted by atomic mass is 32.2. The summed E-state index contributed by atoms with van der Waals surface area (Å²) in [6.45, 7) is 2.71. The van der Waals surface area contributed by atoms with E-state index in [2.05, 4.69) is 5.32 Å². The van der Waals surface area contributed by atoms with Gasteiger partial charge in [-0.25, -0.2) is 8.42 Å². The Kier molecular flexibility index (Phi) is 6.95. The van der Waals surface area contributed by atoms with Crippen molar-refractivity contribution in [1.29, 1.82) is 0 Å². The summed E-state index contributed by atoms with van der Waals surface area (Å²) < 4.78 is 31.2. The van der Waals surface area contributed by atoms with E-state index in [0.29, 0.717) is 25.2 Å². The van der Waals surface area contributed by atoms with E-state index in [0.717, 1.165) is 25.7 Å². The third kappa shape index (κ3) is 5.54. The van der Waals surface area contributed by atoms with Crippen LogP contribution in [-0.2, 0) is 24.3 Å². The normalized spacial score (nSPS) is 15.1. The van der Waals surface area contributed by atoms with Crippen LogP contribution in [0.4, 0.5) is 5.69 Å². The lowest BCUT2D eigenvalue weighted by Crippen LogP contribution is -2.27. The van der Waals surface area contributed by atoms with Crippen LogP contribution in [0.5, 0.6) is 0 Å². The van der Waals surface area contributed by atoms with E-state index in [-0.39, 0.29) is 11.5 Å². The van der Waals surface area contributed by atoms with Crippen molar-refractivity contribution in [3.05, 3.63) is 24.3 Å². The molecule has 1 aromatic carbocycles. The number of carbonyl (C=O) groups excluding carboxylic acids is 2. The number of amides is 1. The molecule has 0 unspecified atom stereocenters. The molecule has 7 nitrogen and oxygen atoms in total. The van der Waals surface area contributed by atoms with Crippen molar-refractivity contribution >= 4 is 27.6 Å². The van der Waals surface area contributed by atoms with Crippen LogP contribution >= 0.6 is 0 Å². The number of nitrogens with one attached hydrogen (secondary N) is 1. The zero-order valence-corrected chi connectivity index (χ0v) is 15.2. The molecule has 1 heterocycles. The number of nitrogens with zero attached hydrogens (tertiary/aromatic N) is 1. The molecule has 1 saturated heterocycles. The number of carbonyl (C=O) groups is 2. The molecule has 1 N–H and O–H groups in total. The number of hydrogen-bond acceptors (Lipinski definition) is 5. The van der Waals surface area contributed by atoms with Crippen molar-refractivity contribution in [1.82, 2.24) is 4.31 Å². The molecule has 1 amide bonds. The van der Waals surface area contributed by atoms with E-state index in [9.17, 15) is 18.0 Å². The van der Waals surface area contributed by atoms with Crippen LogP contribution in [0.2, 0.25) is 0 Å². The molecule has 1 fully saturated rings. The van der Waals surface area contributed by atoms with Gasteiger partial charge in [-0.05, 0) is 43.5 Å². The first-order chi connectivity index (χ1) is 11.9. The van der Waals surface area contributed by atoms with Gasteiger partial charge >= 0.3 is 5.97 Å². The Balaban J connectivity index is 1.87. The van der Waals surface area contributed by atoms with Gasteiger partial charge in [0, 0.05) is 25.2 Å². The molecule has 138 valence electrons. The van der Waals surface area contributed by atoms with E-state index in [1.807, 2.05) is 6.92 Å². The fourth-order valence-electron chi connectivity index (χ4n) is 2.52. The Morgan fingerprint density at radius 2 is 1.80 bits per heavy atom. The van der Waals surface area contributed by atoms with Gasteiger partial charge in [-0.3, -0.25) is 9.59 Å². The summed E-state index contributed by atoms with van der Waals surface area (Å²) in [4.78, 5) is 23.3. The minimum atomic E-state index is -3.46. The monoisotopic (exact) mass is 368 g/mol. The van der Waals surface area contributed by atoms with Crippen LogP contribution in [0, 0.1) is 0 Å². The van der Waals surface area contributed by atoms with Gasteiger partial charge in [-0.1, -0.05) is 13.3 Å². The molecule has 8 heteroatoms. The van der Waals surface area contributed by atoms with Gasteiger partial charge in [-0.15, -0.1) is 0 Å². The Labute approximate surface area is 148 Å². The lowest BCUT2D eigenvalue weighted by Gasteiger charge is -2.15. The van der Waals surface area contributed by atoms with Gasteiger partial charge < -0.3 is 10.1 Å². The molecule has 1 aromatic rings. The number of hydrogen-bond donors (Lipinski definition) is 1. The van der Waals surface area contributed by atoms with Gasteiger partial charge in [-0.2, -0.15) is 4.31 Å². The Bertz CT molecular complexity index is 694. The number of esters is 1. The second-order valence-electron chi connectivity index (χ2n) is 5.95. The zero-order chi connectivity index (χ0) is 18.3. The Morgan fingerprint density at radius 1 is 1.16 bits per heavy atom. The minimum absolute atomic E-state index is 0.207. The number of benzene rings is 1. The summed E-state index contributed by atoms with van der Waals surface area (Å²) in [6.07, 6.45) is 3.67. The number of ether oxygens (including phenoxy) is 1. The molecule has 1 aliphatic heterocycles. The van der Waals surface area contributed by atoms with E-state index < -0.39 is 21.9 Å². The van der Waals surface area contributed by atoms with Crippen molar-refractivity contribution in [2.24, 2.45) is 0 Å². The predicted molar refractivity (Wildman–Crippen MR) is 93.5 cm³/mol. The van der Waals surface area contributed by atoms with Crippen LogP contribution in [-0.4, -0.2) is 44.3 Å². The minimum Gasteiger partial charge on any atom is -0.456 e. The second-order valence-corrected chi connectivity index (χ2v) is 7.89. The second kappa shape index (κ2) is 8.96. The van der Waals surface area contributed by atoms with Crippen molar-refractivity contribution in [2.75, 3.05) is 25.0 Å². The molecule has 1 aliphatic rings. The largest absolute Gasteiger partial charge is 0.456 e. The molecule has 0 atom stereocenters. The van der Waals surface area contributed by atoms with Crippen LogP contribution < -0.4 is 5.32 Å². The highest BCUT2D eigenvalue weighted by Gasteiger charge is 2.26. The van der Waals surface area contributed by atoms with Gasteiger partial charge in [0.15, 0.2) is 6.61 Å². The molecule has 0 aromatic heterocycles. The number of rotatable bonds is 8. The molecule has 0 bridgehead atoms. The summed E-state index contributed by atoms with van der Waals surface area (Å²) in [5.74, 6) is -0.857. The highest BCUT2D eigenvalue weighted by molar-refractivity contribution is 7.89. The summed E-state index contributed by atoms with van der Waals surface area (Å²) in [5, 5.41) is 2.58. The van der Waals surface area contributed by atoms with Crippen molar-refractivity contribution < 1.29 is 22.7 Å². The first kappa shape index (κ1) is 19.4. The Hall–Kier alpha value is -1.93. The first-order valence-corrected chi connectivity index (χ1v) is 9.93. The van der Waals surface area contributed by atoms with Crippen LogP contribution in [0.25, 0.3) is 0 Å². The average molecular weight is 368 g/mol. The third-order valence-electron chi connectivity index (χ3n) is 3.94. The SMILES string of the molecule is CCCCC(=O)OCC(=O)Nc1ccc(S(=O)(=O)N2CCCC2)cc1. The first-order valence-electron chi connectivity index (χ1n) is 8.49. The molecule has 0 spiro atoms. The smallest absolute Gasteiger partial charge is 0.306 e. The maximum absolute atomic E-state index is 12.4. The fraction of sp³-hybridized carbons (Fsp3) is 0.529. The summed E-state index contributed by atoms with van der Waals surface area (Å²) in [7, 11) is -3.46. The number of unbranched alkanes of at least 4 members (excludes halogenated alkanes) is 1. The number of sulfonamides is 1. The topological polar surface area (TPSA) is 92.8 Å². The van der Waals surface area contributed by atoms with Crippen LogP contribution in [0.15, 0.2) is 29.2 Å². The molecule has 2 rings (SSSR count). The van der Waals surface area contributed by atoms with E-state index in [1.165, 1.54) is 28.6 Å². The molecule has 25 heavy (non-hydrogen) atoms. The number of anilines is 1. The van der Waals surface area contributed by atoms with Gasteiger partial charge in [0.2, 0.25) is 10.0 Å². The predicted octanol–water partition coefficient (Wildman–Crippen LogP) is 2.14. The third-order valence-corrected chi connectivity index (χ3v) is 5.85. The summed E-state index contributed by atoms with van der Waals surface area (Å²) >= 11 is 0. The zero-order valence-electron chi connectivity index (χ0n) is 14.4. The standard InChI is InChI=1S/C17H24N2O5S/c1-2-3-6-17(21)24-13-16(20)18-14-7-9-15(10-8-14)25(22,23)19-11-4-5-12-19/h7-10H,2-6,11-13H2,1H3,(H,18,20). The van der Waals surface area contributed by atoms with Crippen LogP contribution in [0.3, 0.4) is 0 Å². The lowest BCUT2D eigenvalue weighted by atomic mass is 10.2. The molecular formula is C17H24N2O5S. The van der Waals surface area contributed by atoms with E-state index >= 15 is 0 Å². The molecule has 0 saturated carbocycles. The Morgan fingerprint density at radius 3 is 2.40 bits per heavy atom. The maximum Gasteiger partial charge on any atom is 0.306 e. The highest BCUT2D eigenvalue weighted by Crippen LogP contribution is 2.22. The lowest BCUT2D eigenvalue weighted by molar-refractivity contribution is -0.147. The van der Waals surface area contributed by atoms with E-state index in [1.54, 1.807) is 0 Å². The van der Waals surface area contributed by atoms with Gasteiger partial charge in [0.05, 0.1) is 4.90 Å². The average Bonchev–Trinajstić information content (AvgIpc) is 3.14. The fourth-order valence-corrected chi connectivity index (χ4v) is 4.04. The quantitative estimate of drug-likeness (QED) is 0.710. The van der Waals surface area contributed by atoms with Crippen molar-refractivity contribution in [3.63, 3.8) is 0 Å². The summed E-state index contributed by atoms with van der Waals surface area (Å²) in [5.41, 5.74) is 0.454. The maximum atomic E-state index is 12.4. The van der Waals surface area contributed by atoms with Crippen molar-refractivity contribution in [2.45, 2.75) is 43.9 Å². The van der Waals surface area contributed by atoms with Gasteiger partial charge in [0.1, 0.15) is 0 Å².